The number of hydrogen-bond donors (Lipinski definition) is 4. The number of pyridine rings is 1. The van der Waals surface area contributed by atoms with Gasteiger partial charge in [-0.25, -0.2) is 9.37 Å². The maximum absolute atomic E-state index is 14.4. The van der Waals surface area contributed by atoms with Crippen molar-refractivity contribution in [3.05, 3.63) is 47.8 Å². The topological polar surface area (TPSA) is 91.7 Å². The van der Waals surface area contributed by atoms with E-state index in [0.29, 0.717) is 35.7 Å². The van der Waals surface area contributed by atoms with E-state index in [0.717, 1.165) is 0 Å². The van der Waals surface area contributed by atoms with E-state index in [2.05, 4.69) is 38.1 Å². The summed E-state index contributed by atoms with van der Waals surface area (Å²) in [7, 11) is 2.98. The number of benzene rings is 1. The number of thioether (sulfide) groups is 1. The van der Waals surface area contributed by atoms with E-state index in [1.165, 1.54) is 24.8 Å². The van der Waals surface area contributed by atoms with Crippen molar-refractivity contribution in [2.75, 3.05) is 44.4 Å². The van der Waals surface area contributed by atoms with Crippen LogP contribution in [0.25, 0.3) is 5.65 Å². The monoisotopic (exact) mass is 550 g/mol. The molecule has 8 nitrogen and oxygen atoms in total. The zero-order valence-corrected chi connectivity index (χ0v) is 21.4. The van der Waals surface area contributed by atoms with E-state index >= 15 is 0 Å². The molecule has 2 aromatic heterocycles. The number of amides is 1. The Morgan fingerprint density at radius 1 is 1.32 bits per heavy atom. The highest BCUT2D eigenvalue weighted by molar-refractivity contribution is 8.00. The van der Waals surface area contributed by atoms with Gasteiger partial charge in [-0.1, -0.05) is 5.92 Å². The molecule has 1 aromatic carbocycles. The zero-order chi connectivity index (χ0) is 27.3. The lowest BCUT2D eigenvalue weighted by Gasteiger charge is -2.28. The molecule has 4 rings (SSSR count). The first-order valence-electron chi connectivity index (χ1n) is 11.7. The smallest absolute Gasteiger partial charge is 0.447 e. The molecular formula is C25H26F4N6O2S. The lowest BCUT2D eigenvalue weighted by atomic mass is 10.0. The summed E-state index contributed by atoms with van der Waals surface area (Å²) in [6.07, 6.45) is 0.855. The Balaban J connectivity index is 1.60. The molecule has 0 radical (unpaired) electrons. The fourth-order valence-corrected chi connectivity index (χ4v) is 4.68. The Kier molecular flexibility index (Phi) is 8.53. The molecule has 0 saturated carbocycles. The highest BCUT2D eigenvalue weighted by atomic mass is 32.2. The van der Waals surface area contributed by atoms with Gasteiger partial charge in [0.2, 0.25) is 0 Å². The molecule has 0 bridgehead atoms. The van der Waals surface area contributed by atoms with Gasteiger partial charge in [0.25, 0.3) is 5.91 Å². The Morgan fingerprint density at radius 2 is 2.13 bits per heavy atom. The number of imidazole rings is 1. The molecule has 1 amide bonds. The Morgan fingerprint density at radius 3 is 2.84 bits per heavy atom. The number of alkyl halides is 4. The zero-order valence-electron chi connectivity index (χ0n) is 20.6. The van der Waals surface area contributed by atoms with Crippen LogP contribution in [0.15, 0.2) is 41.6 Å². The minimum absolute atomic E-state index is 0.0487. The van der Waals surface area contributed by atoms with Gasteiger partial charge in [0.05, 0.1) is 31.1 Å². The summed E-state index contributed by atoms with van der Waals surface area (Å²) in [5.74, 6) is 5.67. The van der Waals surface area contributed by atoms with E-state index < -0.39 is 17.7 Å². The van der Waals surface area contributed by atoms with Crippen molar-refractivity contribution in [3.63, 3.8) is 0 Å². The summed E-state index contributed by atoms with van der Waals surface area (Å²) in [6, 6.07) is 7.58. The number of methoxy groups -OCH3 is 1. The van der Waals surface area contributed by atoms with Crippen LogP contribution in [0.2, 0.25) is 0 Å². The number of rotatable bonds is 7. The fraction of sp³-hybridized carbons (Fsp3) is 0.360. The fourth-order valence-electron chi connectivity index (χ4n) is 4.02. The quantitative estimate of drug-likeness (QED) is 0.202. The van der Waals surface area contributed by atoms with E-state index in [9.17, 15) is 22.4 Å². The normalized spacial score (nSPS) is 17.4. The number of nitrogens with one attached hydrogen (secondary N) is 4. The summed E-state index contributed by atoms with van der Waals surface area (Å²) < 4.78 is 61.2. The van der Waals surface area contributed by atoms with Crippen LogP contribution >= 0.6 is 11.8 Å². The van der Waals surface area contributed by atoms with Gasteiger partial charge >= 0.3 is 5.51 Å². The summed E-state index contributed by atoms with van der Waals surface area (Å²) >= 11 is -0.306. The minimum Gasteiger partial charge on any atom is -0.495 e. The van der Waals surface area contributed by atoms with Crippen molar-refractivity contribution in [2.24, 2.45) is 0 Å². The standard InChI is InChI=1S/C25H26F4N6O2S/c1-30-23(36)15-7-8-18(21(13-15)37-2)32-10-3-5-20-24(38-25(27,28)29)35-12-4-6-19(22(35)34-20)33-17-9-11-31-14-16(17)26/h4,6-8,12-13,16-17,31-33H,9-11,14H2,1-2H3,(H,30,36)/t16-,17+/m0/s1. The number of carbonyl (C=O) groups excluding carboxylic acids is 1. The van der Waals surface area contributed by atoms with Crippen LogP contribution in [-0.2, 0) is 0 Å². The van der Waals surface area contributed by atoms with E-state index in [4.69, 9.17) is 4.74 Å². The maximum atomic E-state index is 14.4. The first kappa shape index (κ1) is 27.4. The molecule has 3 heterocycles. The second-order valence-electron chi connectivity index (χ2n) is 8.34. The van der Waals surface area contributed by atoms with Crippen molar-refractivity contribution >= 4 is 34.7 Å². The van der Waals surface area contributed by atoms with Crippen LogP contribution in [0.1, 0.15) is 22.5 Å². The Hall–Kier alpha value is -3.63. The van der Waals surface area contributed by atoms with E-state index in [1.807, 2.05) is 0 Å². The maximum Gasteiger partial charge on any atom is 0.447 e. The van der Waals surface area contributed by atoms with Crippen LogP contribution in [0.3, 0.4) is 0 Å². The largest absolute Gasteiger partial charge is 0.495 e. The van der Waals surface area contributed by atoms with Gasteiger partial charge < -0.3 is 26.0 Å². The first-order chi connectivity index (χ1) is 18.2. The molecule has 0 aliphatic carbocycles. The lowest BCUT2D eigenvalue weighted by Crippen LogP contribution is -2.45. The third-order valence-corrected chi connectivity index (χ3v) is 6.65. The molecule has 38 heavy (non-hydrogen) atoms. The van der Waals surface area contributed by atoms with Gasteiger partial charge in [-0.3, -0.25) is 9.20 Å². The number of ether oxygens (including phenoxy) is 1. The number of piperidine rings is 1. The summed E-state index contributed by atoms with van der Waals surface area (Å²) in [6.45, 7) is 0.907. The number of carbonyl (C=O) groups is 1. The average molecular weight is 551 g/mol. The highest BCUT2D eigenvalue weighted by Crippen LogP contribution is 2.39. The minimum atomic E-state index is -4.56. The second-order valence-corrected chi connectivity index (χ2v) is 9.39. The molecule has 13 heteroatoms. The lowest BCUT2D eigenvalue weighted by molar-refractivity contribution is -0.0330. The van der Waals surface area contributed by atoms with Crippen LogP contribution in [0.4, 0.5) is 28.9 Å². The molecule has 0 spiro atoms. The molecule has 202 valence electrons. The molecule has 1 aliphatic heterocycles. The number of halogens is 4. The molecule has 1 aliphatic rings. The van der Waals surface area contributed by atoms with Gasteiger partial charge in [0.1, 0.15) is 22.6 Å². The highest BCUT2D eigenvalue weighted by Gasteiger charge is 2.33. The number of hydrogen-bond acceptors (Lipinski definition) is 7. The van der Waals surface area contributed by atoms with E-state index in [-0.39, 0.29) is 47.1 Å². The predicted octanol–water partition coefficient (Wildman–Crippen LogP) is 3.89. The number of aromatic nitrogens is 2. The number of fused-ring (bicyclic) bond motifs is 1. The third kappa shape index (κ3) is 6.43. The van der Waals surface area contributed by atoms with Crippen molar-refractivity contribution in [1.82, 2.24) is 20.0 Å². The van der Waals surface area contributed by atoms with Crippen molar-refractivity contribution in [2.45, 2.75) is 29.2 Å². The van der Waals surface area contributed by atoms with Crippen LogP contribution in [-0.4, -0.2) is 66.8 Å². The van der Waals surface area contributed by atoms with Crippen LogP contribution < -0.4 is 26.0 Å². The van der Waals surface area contributed by atoms with Gasteiger partial charge in [-0.2, -0.15) is 13.2 Å². The molecule has 0 unspecified atom stereocenters. The van der Waals surface area contributed by atoms with Gasteiger partial charge in [0, 0.05) is 37.1 Å². The SMILES string of the molecule is CNC(=O)c1ccc(NCC#Cc2nc3c(N[C@@H]4CCNC[C@@H]4F)cccn3c2SC(F)(F)F)c(OC)c1. The van der Waals surface area contributed by atoms with Crippen LogP contribution in [0, 0.1) is 11.8 Å². The molecular weight excluding hydrogens is 524 g/mol. The van der Waals surface area contributed by atoms with Gasteiger partial charge in [-0.05, 0) is 49.2 Å². The predicted molar refractivity (Wildman–Crippen MR) is 139 cm³/mol. The third-order valence-electron chi connectivity index (χ3n) is 5.83. The van der Waals surface area contributed by atoms with Crippen molar-refractivity contribution in [3.8, 4) is 17.6 Å². The molecule has 4 N–H and O–H groups in total. The molecule has 3 aromatic rings. The molecule has 2 atom stereocenters. The molecule has 1 saturated heterocycles. The summed E-state index contributed by atoms with van der Waals surface area (Å²) in [4.78, 5) is 16.2. The van der Waals surface area contributed by atoms with Crippen LogP contribution in [0.5, 0.6) is 5.75 Å². The van der Waals surface area contributed by atoms with Gasteiger partial charge in [0.15, 0.2) is 5.65 Å². The van der Waals surface area contributed by atoms with E-state index in [1.54, 1.807) is 30.3 Å². The molecule has 1 fully saturated rings. The number of anilines is 2. The Labute approximate surface area is 220 Å². The van der Waals surface area contributed by atoms with Crippen molar-refractivity contribution in [1.29, 1.82) is 0 Å². The first-order valence-corrected chi connectivity index (χ1v) is 12.5. The second kappa shape index (κ2) is 11.8. The van der Waals surface area contributed by atoms with Gasteiger partial charge in [-0.15, -0.1) is 0 Å². The van der Waals surface area contributed by atoms with Crippen molar-refractivity contribution < 1.29 is 27.1 Å². The summed E-state index contributed by atoms with van der Waals surface area (Å²) in [5, 5.41) is 11.5. The number of nitrogens with zero attached hydrogens (tertiary/aromatic N) is 2. The average Bonchev–Trinajstić information content (AvgIpc) is 3.24. The summed E-state index contributed by atoms with van der Waals surface area (Å²) in [5.41, 5.74) is -2.98. The Bertz CT molecular complexity index is 1370.